The third kappa shape index (κ3) is 5.22. The van der Waals surface area contributed by atoms with Crippen molar-refractivity contribution in [2.75, 3.05) is 11.9 Å². The number of benzene rings is 1. The number of nitrogens with one attached hydrogen (secondary N) is 2. The van der Waals surface area contributed by atoms with Gasteiger partial charge in [0.2, 0.25) is 5.91 Å². The van der Waals surface area contributed by atoms with Gasteiger partial charge < -0.3 is 16.4 Å². The first-order chi connectivity index (χ1) is 9.61. The Morgan fingerprint density at radius 3 is 2.48 bits per heavy atom. The molecular weight excluding hydrogens is 303 g/mol. The van der Waals surface area contributed by atoms with Crippen LogP contribution in [0.15, 0.2) is 18.2 Å². The van der Waals surface area contributed by atoms with Crippen LogP contribution in [0.25, 0.3) is 0 Å². The molecule has 0 atom stereocenters. The van der Waals surface area contributed by atoms with E-state index >= 15 is 0 Å². The van der Waals surface area contributed by atoms with Gasteiger partial charge in [-0.1, -0.05) is 12.2 Å². The molecule has 8 heteroatoms. The van der Waals surface area contributed by atoms with Gasteiger partial charge in [0.25, 0.3) is 0 Å². The van der Waals surface area contributed by atoms with E-state index in [1.807, 2.05) is 0 Å². The maximum absolute atomic E-state index is 12.7. The number of hydrogen-bond donors (Lipinski definition) is 3. The van der Waals surface area contributed by atoms with Crippen LogP contribution in [0.3, 0.4) is 0 Å². The van der Waals surface area contributed by atoms with Crippen molar-refractivity contribution in [1.82, 2.24) is 5.32 Å². The van der Waals surface area contributed by atoms with Gasteiger partial charge in [0.1, 0.15) is 4.99 Å². The molecule has 0 aliphatic carbocycles. The SMILES string of the molecule is CC(C)NC(=O)CNc1ccc(C(F)(F)F)cc1C(N)=S. The van der Waals surface area contributed by atoms with E-state index in [1.165, 1.54) is 6.07 Å². The quantitative estimate of drug-likeness (QED) is 0.729. The number of halogens is 3. The number of carbonyl (C=O) groups is 1. The molecule has 0 aromatic heterocycles. The summed E-state index contributed by atoms with van der Waals surface area (Å²) in [6.45, 7) is 3.52. The minimum absolute atomic E-state index is 0.0260. The van der Waals surface area contributed by atoms with Crippen molar-refractivity contribution < 1.29 is 18.0 Å². The molecule has 0 bridgehead atoms. The summed E-state index contributed by atoms with van der Waals surface area (Å²) in [6.07, 6.45) is -4.48. The summed E-state index contributed by atoms with van der Waals surface area (Å²) in [5, 5.41) is 5.38. The molecule has 1 amide bonds. The van der Waals surface area contributed by atoms with Gasteiger partial charge in [0, 0.05) is 17.3 Å². The number of alkyl halides is 3. The highest BCUT2D eigenvalue weighted by Crippen LogP contribution is 2.31. The van der Waals surface area contributed by atoms with E-state index in [9.17, 15) is 18.0 Å². The predicted molar refractivity (Wildman–Crippen MR) is 79.1 cm³/mol. The summed E-state index contributed by atoms with van der Waals surface area (Å²) in [4.78, 5) is 11.3. The normalized spacial score (nSPS) is 11.3. The number of rotatable bonds is 5. The fourth-order valence-electron chi connectivity index (χ4n) is 1.63. The van der Waals surface area contributed by atoms with E-state index in [0.717, 1.165) is 12.1 Å². The standard InChI is InChI=1S/C13H16F3N3OS/c1-7(2)19-11(20)6-18-10-4-3-8(13(14,15)16)5-9(10)12(17)21/h3-5,7,18H,6H2,1-2H3,(H2,17,21)(H,19,20). The molecule has 0 spiro atoms. The lowest BCUT2D eigenvalue weighted by molar-refractivity contribution is -0.137. The Balaban J connectivity index is 2.92. The summed E-state index contributed by atoms with van der Waals surface area (Å²) < 4.78 is 38.0. The molecule has 0 fully saturated rings. The first kappa shape index (κ1) is 17.2. The molecular formula is C13H16F3N3OS. The van der Waals surface area contributed by atoms with Crippen molar-refractivity contribution in [2.24, 2.45) is 5.73 Å². The van der Waals surface area contributed by atoms with Crippen molar-refractivity contribution in [3.05, 3.63) is 29.3 Å². The Kier molecular flexibility index (Phi) is 5.54. The highest BCUT2D eigenvalue weighted by atomic mass is 32.1. The molecule has 4 N–H and O–H groups in total. The average molecular weight is 319 g/mol. The van der Waals surface area contributed by atoms with Gasteiger partial charge in [-0.05, 0) is 32.0 Å². The fraction of sp³-hybridized carbons (Fsp3) is 0.385. The zero-order chi connectivity index (χ0) is 16.2. The Bertz CT molecular complexity index is 544. The van der Waals surface area contributed by atoms with Crippen LogP contribution in [0, 0.1) is 0 Å². The number of anilines is 1. The van der Waals surface area contributed by atoms with Crippen LogP contribution in [0.1, 0.15) is 25.0 Å². The monoisotopic (exact) mass is 319 g/mol. The van der Waals surface area contributed by atoms with Crippen LogP contribution in [-0.2, 0) is 11.0 Å². The second-order valence-electron chi connectivity index (χ2n) is 4.70. The number of thiocarbonyl (C=S) groups is 1. The lowest BCUT2D eigenvalue weighted by atomic mass is 10.1. The van der Waals surface area contributed by atoms with Crippen LogP contribution in [-0.4, -0.2) is 23.5 Å². The van der Waals surface area contributed by atoms with Crippen LogP contribution in [0.5, 0.6) is 0 Å². The van der Waals surface area contributed by atoms with E-state index in [0.29, 0.717) is 0 Å². The summed E-state index contributed by atoms with van der Waals surface area (Å²) in [5.74, 6) is -0.279. The lowest BCUT2D eigenvalue weighted by Crippen LogP contribution is -2.35. The van der Waals surface area contributed by atoms with Gasteiger partial charge in [-0.15, -0.1) is 0 Å². The summed E-state index contributed by atoms with van der Waals surface area (Å²) >= 11 is 4.75. The molecule has 1 rings (SSSR count). The molecule has 0 heterocycles. The van der Waals surface area contributed by atoms with Gasteiger partial charge in [0.05, 0.1) is 12.1 Å². The Morgan fingerprint density at radius 1 is 1.38 bits per heavy atom. The van der Waals surface area contributed by atoms with Crippen molar-refractivity contribution in [1.29, 1.82) is 0 Å². The Labute approximate surface area is 125 Å². The highest BCUT2D eigenvalue weighted by Gasteiger charge is 2.31. The van der Waals surface area contributed by atoms with Crippen LogP contribution in [0.4, 0.5) is 18.9 Å². The minimum atomic E-state index is -4.48. The lowest BCUT2D eigenvalue weighted by Gasteiger charge is -2.15. The maximum atomic E-state index is 12.7. The first-order valence-electron chi connectivity index (χ1n) is 6.15. The van der Waals surface area contributed by atoms with Gasteiger partial charge in [-0.2, -0.15) is 13.2 Å². The average Bonchev–Trinajstić information content (AvgIpc) is 2.34. The molecule has 0 saturated heterocycles. The zero-order valence-electron chi connectivity index (χ0n) is 11.5. The molecule has 0 saturated carbocycles. The van der Waals surface area contributed by atoms with Crippen molar-refractivity contribution >= 4 is 28.8 Å². The largest absolute Gasteiger partial charge is 0.416 e. The van der Waals surface area contributed by atoms with E-state index in [-0.39, 0.29) is 34.7 Å². The third-order valence-corrected chi connectivity index (χ3v) is 2.72. The van der Waals surface area contributed by atoms with Gasteiger partial charge in [-0.25, -0.2) is 0 Å². The van der Waals surface area contributed by atoms with Crippen LogP contribution >= 0.6 is 12.2 Å². The maximum Gasteiger partial charge on any atom is 0.416 e. The van der Waals surface area contributed by atoms with E-state index in [1.54, 1.807) is 13.8 Å². The van der Waals surface area contributed by atoms with Crippen molar-refractivity contribution in [3.63, 3.8) is 0 Å². The molecule has 1 aromatic carbocycles. The summed E-state index contributed by atoms with van der Waals surface area (Å²) in [7, 11) is 0. The number of nitrogens with two attached hydrogens (primary N) is 1. The fourth-order valence-corrected chi connectivity index (χ4v) is 1.80. The summed E-state index contributed by atoms with van der Waals surface area (Å²) in [6, 6.07) is 2.96. The molecule has 21 heavy (non-hydrogen) atoms. The predicted octanol–water partition coefficient (Wildman–Crippen LogP) is 2.28. The highest BCUT2D eigenvalue weighted by molar-refractivity contribution is 7.80. The Hall–Kier alpha value is -1.83. The Morgan fingerprint density at radius 2 is 2.00 bits per heavy atom. The first-order valence-corrected chi connectivity index (χ1v) is 6.56. The number of amides is 1. The second kappa shape index (κ2) is 6.75. The molecule has 4 nitrogen and oxygen atoms in total. The molecule has 0 radical (unpaired) electrons. The molecule has 0 unspecified atom stereocenters. The van der Waals surface area contributed by atoms with Crippen LogP contribution in [0.2, 0.25) is 0 Å². The van der Waals surface area contributed by atoms with Crippen LogP contribution < -0.4 is 16.4 Å². The van der Waals surface area contributed by atoms with Gasteiger partial charge >= 0.3 is 6.18 Å². The van der Waals surface area contributed by atoms with Crippen molar-refractivity contribution in [3.8, 4) is 0 Å². The second-order valence-corrected chi connectivity index (χ2v) is 5.14. The smallest absolute Gasteiger partial charge is 0.389 e. The molecule has 116 valence electrons. The zero-order valence-corrected chi connectivity index (χ0v) is 12.4. The van der Waals surface area contributed by atoms with E-state index in [2.05, 4.69) is 10.6 Å². The van der Waals surface area contributed by atoms with Gasteiger partial charge in [-0.3, -0.25) is 4.79 Å². The molecule has 1 aromatic rings. The minimum Gasteiger partial charge on any atom is -0.389 e. The summed E-state index contributed by atoms with van der Waals surface area (Å²) in [5.41, 5.74) is 4.93. The van der Waals surface area contributed by atoms with Crippen molar-refractivity contribution in [2.45, 2.75) is 26.1 Å². The molecule has 0 aliphatic heterocycles. The van der Waals surface area contributed by atoms with Gasteiger partial charge in [0.15, 0.2) is 0 Å². The molecule has 0 aliphatic rings. The number of carbonyl (C=O) groups excluding carboxylic acids is 1. The topological polar surface area (TPSA) is 67.2 Å². The van der Waals surface area contributed by atoms with E-state index < -0.39 is 11.7 Å². The number of hydrogen-bond acceptors (Lipinski definition) is 3. The third-order valence-electron chi connectivity index (χ3n) is 2.50. The van der Waals surface area contributed by atoms with E-state index in [4.69, 9.17) is 18.0 Å².